The lowest BCUT2D eigenvalue weighted by molar-refractivity contribution is 0.264. The zero-order valence-electron chi connectivity index (χ0n) is 9.64. The molecular formula is C12H22N2. The van der Waals surface area contributed by atoms with Gasteiger partial charge in [0.25, 0.3) is 0 Å². The number of hydrogen-bond donors (Lipinski definition) is 1. The Bertz CT molecular complexity index is 203. The molecule has 0 amide bonds. The highest BCUT2D eigenvalue weighted by Gasteiger charge is 2.27. The summed E-state index contributed by atoms with van der Waals surface area (Å²) in [7, 11) is 0. The van der Waals surface area contributed by atoms with Gasteiger partial charge in [-0.15, -0.1) is 0 Å². The van der Waals surface area contributed by atoms with E-state index in [2.05, 4.69) is 32.2 Å². The summed E-state index contributed by atoms with van der Waals surface area (Å²) in [4.78, 5) is 0. The maximum Gasteiger partial charge on any atom is 0.100 e. The van der Waals surface area contributed by atoms with Gasteiger partial charge in [0.05, 0.1) is 6.07 Å². The van der Waals surface area contributed by atoms with Crippen LogP contribution >= 0.6 is 0 Å². The number of hydrogen-bond acceptors (Lipinski definition) is 2. The standard InChI is InChI=1S/C12H22N2/c1-12(2,3)11(9-13)14-10-7-5-4-6-8-10/h10-11,14H,4-8H2,1-3H3. The van der Waals surface area contributed by atoms with Crippen LogP contribution in [0, 0.1) is 16.7 Å². The van der Waals surface area contributed by atoms with Crippen molar-refractivity contribution in [2.75, 3.05) is 0 Å². The summed E-state index contributed by atoms with van der Waals surface area (Å²) in [6, 6.07) is 2.95. The number of nitrogens with one attached hydrogen (secondary N) is 1. The van der Waals surface area contributed by atoms with Crippen molar-refractivity contribution < 1.29 is 0 Å². The zero-order chi connectivity index (χ0) is 10.6. The fourth-order valence-corrected chi connectivity index (χ4v) is 1.99. The monoisotopic (exact) mass is 194 g/mol. The summed E-state index contributed by atoms with van der Waals surface area (Å²) in [6.07, 6.45) is 6.49. The van der Waals surface area contributed by atoms with E-state index in [4.69, 9.17) is 5.26 Å². The molecule has 0 spiro atoms. The minimum atomic E-state index is -0.00870. The second-order valence-electron chi connectivity index (χ2n) is 5.43. The molecule has 0 aromatic carbocycles. The molecule has 1 aliphatic carbocycles. The van der Waals surface area contributed by atoms with Crippen molar-refractivity contribution in [1.29, 1.82) is 5.26 Å². The van der Waals surface area contributed by atoms with Crippen molar-refractivity contribution >= 4 is 0 Å². The molecule has 80 valence electrons. The molecule has 2 heteroatoms. The largest absolute Gasteiger partial charge is 0.299 e. The maximum absolute atomic E-state index is 9.08. The van der Waals surface area contributed by atoms with Crippen molar-refractivity contribution in [3.8, 4) is 6.07 Å². The van der Waals surface area contributed by atoms with E-state index in [0.717, 1.165) is 0 Å². The van der Waals surface area contributed by atoms with Crippen LogP contribution in [-0.2, 0) is 0 Å². The molecule has 1 rings (SSSR count). The van der Waals surface area contributed by atoms with Gasteiger partial charge in [-0.3, -0.25) is 5.32 Å². The minimum Gasteiger partial charge on any atom is -0.299 e. The third-order valence-corrected chi connectivity index (χ3v) is 3.00. The molecule has 1 unspecified atom stereocenters. The topological polar surface area (TPSA) is 35.8 Å². The van der Waals surface area contributed by atoms with E-state index in [1.165, 1.54) is 32.1 Å². The van der Waals surface area contributed by atoms with E-state index < -0.39 is 0 Å². The van der Waals surface area contributed by atoms with E-state index in [-0.39, 0.29) is 11.5 Å². The molecule has 0 saturated heterocycles. The molecule has 14 heavy (non-hydrogen) atoms. The van der Waals surface area contributed by atoms with E-state index >= 15 is 0 Å². The van der Waals surface area contributed by atoms with Crippen molar-refractivity contribution in [3.05, 3.63) is 0 Å². The summed E-state index contributed by atoms with van der Waals surface area (Å²) in [5, 5.41) is 12.6. The highest BCUT2D eigenvalue weighted by atomic mass is 15.0. The molecule has 1 fully saturated rings. The number of nitriles is 1. The number of rotatable bonds is 2. The first kappa shape index (κ1) is 11.5. The van der Waals surface area contributed by atoms with Gasteiger partial charge in [0, 0.05) is 6.04 Å². The Kier molecular flexibility index (Phi) is 3.95. The average Bonchev–Trinajstić information content (AvgIpc) is 2.14. The fraction of sp³-hybridized carbons (Fsp3) is 0.917. The van der Waals surface area contributed by atoms with Crippen molar-refractivity contribution in [2.24, 2.45) is 5.41 Å². The first-order chi connectivity index (χ1) is 6.54. The summed E-state index contributed by atoms with van der Waals surface area (Å²) in [6.45, 7) is 6.37. The van der Waals surface area contributed by atoms with Gasteiger partial charge in [-0.05, 0) is 18.3 Å². The molecule has 1 atom stereocenters. The Morgan fingerprint density at radius 1 is 1.21 bits per heavy atom. The predicted molar refractivity (Wildman–Crippen MR) is 58.9 cm³/mol. The Hall–Kier alpha value is -0.550. The van der Waals surface area contributed by atoms with Crippen molar-refractivity contribution in [2.45, 2.75) is 65.0 Å². The SMILES string of the molecule is CC(C)(C)C(C#N)NC1CCCCC1. The van der Waals surface area contributed by atoms with Crippen LogP contribution in [0.15, 0.2) is 0 Å². The van der Waals surface area contributed by atoms with Gasteiger partial charge in [-0.25, -0.2) is 0 Å². The second-order valence-corrected chi connectivity index (χ2v) is 5.43. The molecule has 0 aliphatic heterocycles. The third kappa shape index (κ3) is 3.31. The minimum absolute atomic E-state index is 0.00870. The highest BCUT2D eigenvalue weighted by molar-refractivity contribution is 4.99. The molecule has 1 N–H and O–H groups in total. The molecule has 1 saturated carbocycles. The van der Waals surface area contributed by atoms with Crippen LogP contribution in [0.2, 0.25) is 0 Å². The first-order valence-corrected chi connectivity index (χ1v) is 5.69. The van der Waals surface area contributed by atoms with Gasteiger partial charge in [0.1, 0.15) is 6.04 Å². The van der Waals surface area contributed by atoms with Crippen LogP contribution < -0.4 is 5.32 Å². The molecule has 1 aliphatic rings. The lowest BCUT2D eigenvalue weighted by Crippen LogP contribution is -2.45. The summed E-state index contributed by atoms with van der Waals surface area (Å²) in [5.41, 5.74) is 0.0478. The molecule has 0 heterocycles. The van der Waals surface area contributed by atoms with E-state index in [1.807, 2.05) is 0 Å². The Labute approximate surface area is 87.7 Å². The third-order valence-electron chi connectivity index (χ3n) is 3.00. The van der Waals surface area contributed by atoms with Crippen LogP contribution in [-0.4, -0.2) is 12.1 Å². The zero-order valence-corrected chi connectivity index (χ0v) is 9.64. The summed E-state index contributed by atoms with van der Waals surface area (Å²) < 4.78 is 0. The van der Waals surface area contributed by atoms with Crippen LogP contribution in [0.1, 0.15) is 52.9 Å². The van der Waals surface area contributed by atoms with Gasteiger partial charge in [-0.2, -0.15) is 5.26 Å². The van der Waals surface area contributed by atoms with Crippen LogP contribution in [0.3, 0.4) is 0 Å². The quantitative estimate of drug-likeness (QED) is 0.733. The Morgan fingerprint density at radius 2 is 1.79 bits per heavy atom. The van der Waals surface area contributed by atoms with Gasteiger partial charge < -0.3 is 0 Å². The van der Waals surface area contributed by atoms with Gasteiger partial charge in [0.15, 0.2) is 0 Å². The number of nitrogens with zero attached hydrogens (tertiary/aromatic N) is 1. The van der Waals surface area contributed by atoms with E-state index in [9.17, 15) is 0 Å². The van der Waals surface area contributed by atoms with E-state index in [0.29, 0.717) is 6.04 Å². The smallest absolute Gasteiger partial charge is 0.100 e. The average molecular weight is 194 g/mol. The first-order valence-electron chi connectivity index (χ1n) is 5.69. The molecule has 0 aromatic rings. The lowest BCUT2D eigenvalue weighted by Gasteiger charge is -2.32. The normalized spacial score (nSPS) is 21.6. The predicted octanol–water partition coefficient (Wildman–Crippen LogP) is 2.85. The Balaban J connectivity index is 2.44. The summed E-state index contributed by atoms with van der Waals surface area (Å²) in [5.74, 6) is 0. The maximum atomic E-state index is 9.08. The molecule has 0 bridgehead atoms. The lowest BCUT2D eigenvalue weighted by atomic mass is 9.85. The Morgan fingerprint density at radius 3 is 2.21 bits per heavy atom. The highest BCUT2D eigenvalue weighted by Crippen LogP contribution is 2.23. The van der Waals surface area contributed by atoms with E-state index in [1.54, 1.807) is 0 Å². The van der Waals surface area contributed by atoms with Gasteiger partial charge in [0.2, 0.25) is 0 Å². The van der Waals surface area contributed by atoms with Crippen molar-refractivity contribution in [3.63, 3.8) is 0 Å². The molecule has 0 radical (unpaired) electrons. The van der Waals surface area contributed by atoms with Crippen LogP contribution in [0.4, 0.5) is 0 Å². The second kappa shape index (κ2) is 4.79. The van der Waals surface area contributed by atoms with Crippen LogP contribution in [0.5, 0.6) is 0 Å². The summed E-state index contributed by atoms with van der Waals surface area (Å²) >= 11 is 0. The molecule has 2 nitrogen and oxygen atoms in total. The van der Waals surface area contributed by atoms with Crippen molar-refractivity contribution in [1.82, 2.24) is 5.32 Å². The van der Waals surface area contributed by atoms with Crippen LogP contribution in [0.25, 0.3) is 0 Å². The van der Waals surface area contributed by atoms with Gasteiger partial charge in [-0.1, -0.05) is 40.0 Å². The molecular weight excluding hydrogens is 172 g/mol. The molecule has 0 aromatic heterocycles. The van der Waals surface area contributed by atoms with Gasteiger partial charge >= 0.3 is 0 Å². The fourth-order valence-electron chi connectivity index (χ4n) is 1.99.